The average Bonchev–Trinajstić information content (AvgIpc) is 3.07. The van der Waals surface area contributed by atoms with Gasteiger partial charge < -0.3 is 9.97 Å². The van der Waals surface area contributed by atoms with Crippen LogP contribution in [0.1, 0.15) is 63.8 Å². The van der Waals surface area contributed by atoms with E-state index in [2.05, 4.69) is 162 Å². The van der Waals surface area contributed by atoms with Crippen molar-refractivity contribution in [2.24, 2.45) is 0 Å². The van der Waals surface area contributed by atoms with Gasteiger partial charge in [-0.2, -0.15) is 0 Å². The zero-order valence-corrected chi connectivity index (χ0v) is 32.2. The molecule has 0 aliphatic heterocycles. The van der Waals surface area contributed by atoms with Crippen LogP contribution in [0.25, 0.3) is 55.2 Å². The van der Waals surface area contributed by atoms with E-state index in [1.807, 2.05) is 36.7 Å². The first-order valence-corrected chi connectivity index (χ1v) is 16.7. The molecule has 2 heterocycles. The van der Waals surface area contributed by atoms with Crippen molar-refractivity contribution in [3.8, 4) is 33.6 Å². The molecule has 0 aliphatic carbocycles. The van der Waals surface area contributed by atoms with Gasteiger partial charge in [-0.25, -0.2) is 0 Å². The zero-order chi connectivity index (χ0) is 34.1. The number of aryl methyl sites for hydroxylation is 2. The Morgan fingerprint density at radius 3 is 1.88 bits per heavy atom. The molecule has 249 valence electrons. The number of pyridine rings is 2. The summed E-state index contributed by atoms with van der Waals surface area (Å²) in [5.41, 5.74) is 11.9. The molecular weight excluding hydrogens is 773 g/mol. The van der Waals surface area contributed by atoms with Crippen LogP contribution in [0, 0.1) is 26.0 Å². The molecule has 7 aromatic rings. The van der Waals surface area contributed by atoms with Gasteiger partial charge in [0, 0.05) is 32.5 Å². The van der Waals surface area contributed by atoms with E-state index in [9.17, 15) is 0 Å². The van der Waals surface area contributed by atoms with Gasteiger partial charge in [0.05, 0.1) is 0 Å². The largest absolute Gasteiger partial charge is 0.305 e. The van der Waals surface area contributed by atoms with Gasteiger partial charge in [-0.3, -0.25) is 0 Å². The summed E-state index contributed by atoms with van der Waals surface area (Å²) in [4.78, 5) is 9.01. The topological polar surface area (TPSA) is 25.8 Å². The van der Waals surface area contributed by atoms with Gasteiger partial charge in [0.15, 0.2) is 0 Å². The molecule has 0 N–H and O–H groups in total. The maximum atomic E-state index is 4.63. The Labute approximate surface area is 306 Å². The number of rotatable bonds is 3. The normalized spacial score (nSPS) is 11.5. The fourth-order valence-corrected chi connectivity index (χ4v) is 6.12. The third-order valence-corrected chi connectivity index (χ3v) is 8.83. The molecule has 0 spiro atoms. The minimum absolute atomic E-state index is 0. The van der Waals surface area contributed by atoms with E-state index in [0.29, 0.717) is 0 Å². The number of hydrogen-bond donors (Lipinski definition) is 0. The van der Waals surface area contributed by atoms with E-state index in [0.717, 1.165) is 22.5 Å². The summed E-state index contributed by atoms with van der Waals surface area (Å²) in [6.45, 7) is 17.7. The maximum Gasteiger partial charge on any atom is 0.0163 e. The third-order valence-electron chi connectivity index (χ3n) is 8.83. The molecule has 3 heteroatoms. The van der Waals surface area contributed by atoms with E-state index < -0.39 is 0 Å². The predicted octanol–water partition coefficient (Wildman–Crippen LogP) is 12.3. The van der Waals surface area contributed by atoms with Gasteiger partial charge in [0.1, 0.15) is 0 Å². The summed E-state index contributed by atoms with van der Waals surface area (Å²) in [6.07, 6.45) is 3.72. The van der Waals surface area contributed by atoms with Crippen molar-refractivity contribution in [2.75, 3.05) is 0 Å². The Kier molecular flexibility index (Phi) is 10.7. The molecule has 0 bridgehead atoms. The summed E-state index contributed by atoms with van der Waals surface area (Å²) in [5.74, 6) is 0. The molecule has 49 heavy (non-hydrogen) atoms. The summed E-state index contributed by atoms with van der Waals surface area (Å²) < 4.78 is 0. The quantitative estimate of drug-likeness (QED) is 0.131. The van der Waals surface area contributed by atoms with E-state index in [1.165, 1.54) is 54.9 Å². The summed E-state index contributed by atoms with van der Waals surface area (Å²) in [6, 6.07) is 45.4. The number of nitrogens with zero attached hydrogens (tertiary/aromatic N) is 2. The fourth-order valence-electron chi connectivity index (χ4n) is 6.12. The molecule has 0 saturated carbocycles. The van der Waals surface area contributed by atoms with Gasteiger partial charge in [0.25, 0.3) is 0 Å². The second-order valence-corrected chi connectivity index (χ2v) is 14.9. The van der Waals surface area contributed by atoms with Crippen molar-refractivity contribution in [2.45, 2.75) is 66.2 Å². The molecule has 0 unspecified atom stereocenters. The zero-order valence-electron chi connectivity index (χ0n) is 29.8. The number of hydrogen-bond acceptors (Lipinski definition) is 2. The smallest absolute Gasteiger partial charge is 0.0163 e. The number of aromatic nitrogens is 2. The molecule has 1 radical (unpaired) electrons. The van der Waals surface area contributed by atoms with Gasteiger partial charge >= 0.3 is 0 Å². The maximum absolute atomic E-state index is 4.63. The Hall–Kier alpha value is -4.43. The molecule has 0 atom stereocenters. The summed E-state index contributed by atoms with van der Waals surface area (Å²) >= 11 is 0. The molecule has 7 rings (SSSR count). The minimum atomic E-state index is 0. The summed E-state index contributed by atoms with van der Waals surface area (Å²) in [5, 5.41) is 5.04. The minimum Gasteiger partial charge on any atom is -0.305 e. The van der Waals surface area contributed by atoms with Crippen LogP contribution in [-0.4, -0.2) is 9.97 Å². The molecular formula is C46H44IrN2-2. The Bertz CT molecular complexity index is 2200. The second-order valence-electron chi connectivity index (χ2n) is 14.9. The first kappa shape index (κ1) is 35.9. The number of benzene rings is 5. The van der Waals surface area contributed by atoms with Crippen molar-refractivity contribution < 1.29 is 20.1 Å². The third kappa shape index (κ3) is 8.42. The standard InChI is InChI=1S/C27H28N.C19H16N.Ir/c1-26(2,3)21-11-12-23-19(15-21)9-7-18-8-10-20(16-24(18)23)25-17-22(13-14-28-25)27(4,5)6;1-14-10-15(2)12-18(11-14)16-6-5-7-17(13-16)19-8-3-4-9-20-19;/h7-9,11-17H,1-6H3;3-6,8-13H,1-2H3;/q2*-1;. The molecule has 2 nitrogen and oxygen atoms in total. The van der Waals surface area contributed by atoms with E-state index >= 15 is 0 Å². The molecule has 0 saturated heterocycles. The van der Waals surface area contributed by atoms with Crippen molar-refractivity contribution in [1.82, 2.24) is 9.97 Å². The molecule has 5 aromatic carbocycles. The van der Waals surface area contributed by atoms with Crippen LogP contribution >= 0.6 is 0 Å². The first-order chi connectivity index (χ1) is 22.8. The summed E-state index contributed by atoms with van der Waals surface area (Å²) in [7, 11) is 0. The van der Waals surface area contributed by atoms with Crippen molar-refractivity contribution in [3.05, 3.63) is 156 Å². The van der Waals surface area contributed by atoms with E-state index in [1.54, 1.807) is 0 Å². The van der Waals surface area contributed by atoms with E-state index in [4.69, 9.17) is 0 Å². The van der Waals surface area contributed by atoms with Crippen molar-refractivity contribution in [1.29, 1.82) is 0 Å². The van der Waals surface area contributed by atoms with Crippen molar-refractivity contribution >= 4 is 21.5 Å². The molecule has 0 amide bonds. The SMILES string of the molecule is CC(C)(C)c1ccnc(-c2[c-]cc3ccc4cc(C(C)(C)C)ccc4c3c2)c1.Cc1cc(C)cc(-c2cc[c-]c(-c3ccccn3)c2)c1.[Ir]. The molecule has 0 fully saturated rings. The van der Waals surface area contributed by atoms with Crippen molar-refractivity contribution in [3.63, 3.8) is 0 Å². The second kappa shape index (κ2) is 14.6. The van der Waals surface area contributed by atoms with Crippen LogP contribution in [0.15, 0.2) is 122 Å². The molecule has 2 aromatic heterocycles. The average molecular weight is 817 g/mol. The van der Waals surface area contributed by atoms with Crippen LogP contribution in [0.4, 0.5) is 0 Å². The number of fused-ring (bicyclic) bond motifs is 3. The van der Waals surface area contributed by atoms with Crippen LogP contribution in [0.5, 0.6) is 0 Å². The Balaban J connectivity index is 0.000000197. The van der Waals surface area contributed by atoms with Gasteiger partial charge in [0.2, 0.25) is 0 Å². The Morgan fingerprint density at radius 2 is 1.18 bits per heavy atom. The first-order valence-electron chi connectivity index (χ1n) is 16.7. The van der Waals surface area contributed by atoms with Crippen LogP contribution in [0.2, 0.25) is 0 Å². The Morgan fingerprint density at radius 1 is 0.510 bits per heavy atom. The fraction of sp³-hybridized carbons (Fsp3) is 0.217. The van der Waals surface area contributed by atoms with Gasteiger partial charge in [-0.1, -0.05) is 130 Å². The predicted molar refractivity (Wildman–Crippen MR) is 204 cm³/mol. The van der Waals surface area contributed by atoms with Crippen LogP contribution in [0.3, 0.4) is 0 Å². The van der Waals surface area contributed by atoms with E-state index in [-0.39, 0.29) is 30.9 Å². The van der Waals surface area contributed by atoms with Gasteiger partial charge in [-0.05, 0) is 75.7 Å². The molecule has 0 aliphatic rings. The van der Waals surface area contributed by atoms with Gasteiger partial charge in [-0.15, -0.1) is 59.2 Å². The monoisotopic (exact) mass is 817 g/mol. The van der Waals surface area contributed by atoms with Crippen LogP contribution < -0.4 is 0 Å². The van der Waals surface area contributed by atoms with Crippen LogP contribution in [-0.2, 0) is 30.9 Å².